The second kappa shape index (κ2) is 40.7. The van der Waals surface area contributed by atoms with Gasteiger partial charge in [0, 0.05) is 6.61 Å². The van der Waals surface area contributed by atoms with Crippen molar-refractivity contribution in [1.82, 2.24) is 0 Å². The predicted octanol–water partition coefficient (Wildman–Crippen LogP) is 1.68. The van der Waals surface area contributed by atoms with Gasteiger partial charge in [0.05, 0.1) is 178 Å². The van der Waals surface area contributed by atoms with Crippen LogP contribution in [0, 0.1) is 0 Å². The molecule has 1 unspecified atom stereocenters. The van der Waals surface area contributed by atoms with Crippen molar-refractivity contribution in [3.05, 3.63) is 0 Å². The lowest BCUT2D eigenvalue weighted by Crippen LogP contribution is -2.24. The number of carbonyl (C=O) groups is 1. The van der Waals surface area contributed by atoms with Crippen LogP contribution in [0.1, 0.15) is 32.6 Å². The highest BCUT2D eigenvalue weighted by atomic mass is 16.7. The molecular formula is C34H66O16. The van der Waals surface area contributed by atoms with E-state index >= 15 is 0 Å². The molecule has 0 radical (unpaired) electrons. The van der Waals surface area contributed by atoms with Crippen molar-refractivity contribution >= 4 is 5.97 Å². The number of esters is 1. The summed E-state index contributed by atoms with van der Waals surface area (Å²) in [5.41, 5.74) is 0. The Morgan fingerprint density at radius 2 is 0.740 bits per heavy atom. The van der Waals surface area contributed by atoms with E-state index in [0.29, 0.717) is 172 Å². The molecule has 0 aromatic carbocycles. The van der Waals surface area contributed by atoms with Crippen LogP contribution in [0.5, 0.6) is 0 Å². The summed E-state index contributed by atoms with van der Waals surface area (Å²) in [4.78, 5) is 11.2. The van der Waals surface area contributed by atoms with Gasteiger partial charge in [-0.25, -0.2) is 0 Å². The number of hydrogen-bond donors (Lipinski definition) is 0. The van der Waals surface area contributed by atoms with Crippen LogP contribution < -0.4 is 0 Å². The lowest BCUT2D eigenvalue weighted by Gasteiger charge is -2.22. The van der Waals surface area contributed by atoms with Crippen LogP contribution in [0.4, 0.5) is 0 Å². The molecule has 1 heterocycles. The zero-order valence-corrected chi connectivity index (χ0v) is 30.5. The Hall–Kier alpha value is -1.09. The van der Waals surface area contributed by atoms with Crippen LogP contribution >= 0.6 is 0 Å². The lowest BCUT2D eigenvalue weighted by molar-refractivity contribution is -0.169. The molecule has 0 aliphatic carbocycles. The van der Waals surface area contributed by atoms with Gasteiger partial charge in [0.15, 0.2) is 6.29 Å². The van der Waals surface area contributed by atoms with Crippen molar-refractivity contribution < 1.29 is 75.8 Å². The van der Waals surface area contributed by atoms with E-state index in [1.54, 1.807) is 6.92 Å². The van der Waals surface area contributed by atoms with Crippen LogP contribution in [-0.2, 0) is 75.8 Å². The first-order chi connectivity index (χ1) is 24.8. The standard InChI is InChI=1S/C34H66O16/c1-2-48-33(35)6-8-36-9-10-37-11-12-38-13-14-39-15-16-40-17-18-41-19-20-42-21-22-43-23-24-44-25-26-45-27-28-46-29-30-47-31-32-50-34-5-3-4-7-49-34/h34H,2-32H2,1H3. The largest absolute Gasteiger partial charge is 0.466 e. The molecule has 1 aliphatic rings. The maximum Gasteiger partial charge on any atom is 0.308 e. The summed E-state index contributed by atoms with van der Waals surface area (Å²) in [6.07, 6.45) is 3.43. The van der Waals surface area contributed by atoms with Crippen LogP contribution in [-0.4, -0.2) is 191 Å². The molecule has 0 saturated carbocycles. The quantitative estimate of drug-likeness (QED) is 0.0661. The molecule has 1 saturated heterocycles. The fourth-order valence-corrected chi connectivity index (χ4v) is 3.99. The van der Waals surface area contributed by atoms with E-state index in [-0.39, 0.29) is 18.7 Å². The molecule has 16 nitrogen and oxygen atoms in total. The van der Waals surface area contributed by atoms with Gasteiger partial charge in [0.1, 0.15) is 0 Å². The fraction of sp³-hybridized carbons (Fsp3) is 0.971. The highest BCUT2D eigenvalue weighted by molar-refractivity contribution is 5.69. The minimum Gasteiger partial charge on any atom is -0.466 e. The van der Waals surface area contributed by atoms with Crippen LogP contribution in [0.2, 0.25) is 0 Å². The summed E-state index contributed by atoms with van der Waals surface area (Å²) >= 11 is 0. The van der Waals surface area contributed by atoms with Gasteiger partial charge >= 0.3 is 5.97 Å². The maximum absolute atomic E-state index is 11.2. The summed E-state index contributed by atoms with van der Waals surface area (Å²) in [7, 11) is 0. The first-order valence-corrected chi connectivity index (χ1v) is 18.1. The normalized spacial score (nSPS) is 14.8. The monoisotopic (exact) mass is 730 g/mol. The first-order valence-electron chi connectivity index (χ1n) is 18.1. The van der Waals surface area contributed by atoms with Crippen molar-refractivity contribution in [1.29, 1.82) is 0 Å². The van der Waals surface area contributed by atoms with Crippen LogP contribution in [0.25, 0.3) is 0 Å². The van der Waals surface area contributed by atoms with Gasteiger partial charge in [-0.15, -0.1) is 0 Å². The van der Waals surface area contributed by atoms with Crippen molar-refractivity contribution in [3.63, 3.8) is 0 Å². The molecule has 1 fully saturated rings. The summed E-state index contributed by atoms with van der Waals surface area (Å²) < 4.78 is 81.4. The zero-order chi connectivity index (χ0) is 35.7. The summed E-state index contributed by atoms with van der Waals surface area (Å²) in [5, 5.41) is 0. The summed E-state index contributed by atoms with van der Waals surface area (Å²) in [5.74, 6) is -0.252. The van der Waals surface area contributed by atoms with Crippen molar-refractivity contribution in [2.24, 2.45) is 0 Å². The summed E-state index contributed by atoms with van der Waals surface area (Å²) in [6.45, 7) is 15.3. The molecule has 0 aromatic heterocycles. The smallest absolute Gasteiger partial charge is 0.308 e. The second-order valence-corrected chi connectivity index (χ2v) is 10.6. The number of hydrogen-bond acceptors (Lipinski definition) is 16. The zero-order valence-electron chi connectivity index (χ0n) is 30.5. The molecule has 1 aliphatic heterocycles. The summed E-state index contributed by atoms with van der Waals surface area (Å²) in [6, 6.07) is 0. The molecule has 16 heteroatoms. The topological polar surface area (TPSA) is 156 Å². The predicted molar refractivity (Wildman–Crippen MR) is 181 cm³/mol. The third-order valence-corrected chi connectivity index (χ3v) is 6.52. The Balaban J connectivity index is 1.60. The van der Waals surface area contributed by atoms with Crippen LogP contribution in [0.15, 0.2) is 0 Å². The molecule has 298 valence electrons. The van der Waals surface area contributed by atoms with Gasteiger partial charge in [0.25, 0.3) is 0 Å². The van der Waals surface area contributed by atoms with E-state index in [9.17, 15) is 4.79 Å². The van der Waals surface area contributed by atoms with E-state index in [1.807, 2.05) is 0 Å². The Kier molecular flexibility index (Phi) is 38.2. The van der Waals surface area contributed by atoms with E-state index in [1.165, 1.54) is 0 Å². The molecule has 0 N–H and O–H groups in total. The Morgan fingerprint density at radius 1 is 0.440 bits per heavy atom. The molecule has 50 heavy (non-hydrogen) atoms. The van der Waals surface area contributed by atoms with Crippen molar-refractivity contribution in [2.75, 3.05) is 178 Å². The van der Waals surface area contributed by atoms with E-state index in [4.69, 9.17) is 71.1 Å². The lowest BCUT2D eigenvalue weighted by atomic mass is 10.2. The van der Waals surface area contributed by atoms with Gasteiger partial charge in [-0.3, -0.25) is 4.79 Å². The third-order valence-electron chi connectivity index (χ3n) is 6.52. The van der Waals surface area contributed by atoms with Crippen molar-refractivity contribution in [2.45, 2.75) is 38.9 Å². The maximum atomic E-state index is 11.2. The minimum atomic E-state index is -0.252. The van der Waals surface area contributed by atoms with E-state index in [2.05, 4.69) is 0 Å². The molecule has 1 rings (SSSR count). The van der Waals surface area contributed by atoms with Gasteiger partial charge < -0.3 is 71.1 Å². The molecule has 0 amide bonds. The second-order valence-electron chi connectivity index (χ2n) is 10.6. The number of carbonyl (C=O) groups excluding carboxylic acids is 1. The fourth-order valence-electron chi connectivity index (χ4n) is 3.99. The minimum absolute atomic E-state index is 0.0699. The van der Waals surface area contributed by atoms with Gasteiger partial charge in [-0.2, -0.15) is 0 Å². The average Bonchev–Trinajstić information content (AvgIpc) is 3.13. The van der Waals surface area contributed by atoms with Crippen molar-refractivity contribution in [3.8, 4) is 0 Å². The van der Waals surface area contributed by atoms with Gasteiger partial charge in [-0.1, -0.05) is 0 Å². The Labute approximate surface area is 299 Å². The molecule has 0 bridgehead atoms. The molecule has 0 aromatic rings. The highest BCUT2D eigenvalue weighted by Crippen LogP contribution is 2.13. The Morgan fingerprint density at radius 3 is 1.02 bits per heavy atom. The Bertz CT molecular complexity index is 671. The average molecular weight is 731 g/mol. The number of ether oxygens (including phenoxy) is 15. The van der Waals surface area contributed by atoms with Gasteiger partial charge in [0.2, 0.25) is 0 Å². The number of rotatable bonds is 41. The SMILES string of the molecule is CCOC(=O)CCOCCOCCOCCOCCOCCOCCOCCOCCOCCOCCOCCOCCOC1CCCCO1. The van der Waals surface area contributed by atoms with E-state index < -0.39 is 0 Å². The molecular weight excluding hydrogens is 664 g/mol. The molecule has 1 atom stereocenters. The highest BCUT2D eigenvalue weighted by Gasteiger charge is 2.13. The van der Waals surface area contributed by atoms with E-state index in [0.717, 1.165) is 25.9 Å². The molecule has 0 spiro atoms. The first kappa shape index (κ1) is 46.9. The van der Waals surface area contributed by atoms with Gasteiger partial charge in [-0.05, 0) is 26.2 Å². The van der Waals surface area contributed by atoms with Crippen LogP contribution in [0.3, 0.4) is 0 Å². The third kappa shape index (κ3) is 36.7.